The summed E-state index contributed by atoms with van der Waals surface area (Å²) in [6, 6.07) is -0.242. The van der Waals surface area contributed by atoms with Crippen molar-refractivity contribution in [2.24, 2.45) is 11.8 Å². The van der Waals surface area contributed by atoms with Crippen LogP contribution in [0.3, 0.4) is 0 Å². The number of imide groups is 1. The minimum atomic E-state index is -0.242. The molecule has 0 bridgehead atoms. The lowest BCUT2D eigenvalue weighted by molar-refractivity contribution is -0.125. The van der Waals surface area contributed by atoms with Crippen molar-refractivity contribution in [3.8, 4) is 0 Å². The van der Waals surface area contributed by atoms with Crippen molar-refractivity contribution in [3.63, 3.8) is 0 Å². The van der Waals surface area contributed by atoms with E-state index in [1.807, 2.05) is 6.92 Å². The molecule has 0 saturated carbocycles. The first-order valence-electron chi connectivity index (χ1n) is 5.10. The summed E-state index contributed by atoms with van der Waals surface area (Å²) in [4.78, 5) is 24.2. The minimum Gasteiger partial charge on any atom is -0.324 e. The van der Waals surface area contributed by atoms with Crippen LogP contribution < -0.4 is 5.32 Å². The fraction of sp³-hybridized carbons (Fsp3) is 0.800. The van der Waals surface area contributed by atoms with E-state index in [2.05, 4.69) is 19.2 Å². The number of rotatable bonds is 3. The van der Waals surface area contributed by atoms with Gasteiger partial charge in [-0.1, -0.05) is 20.8 Å². The Bertz CT molecular complexity index is 238. The Hall–Kier alpha value is -1.06. The van der Waals surface area contributed by atoms with Crippen LogP contribution in [0.2, 0.25) is 0 Å². The van der Waals surface area contributed by atoms with Gasteiger partial charge in [0, 0.05) is 13.1 Å². The monoisotopic (exact) mass is 198 g/mol. The first-order chi connectivity index (χ1) is 6.50. The standard InChI is InChI=1S/C10H18N2O2/c1-7(2)4-5-12-6-8(3)9(13)11-10(12)14/h7-8H,4-6H2,1-3H3,(H,11,13,14). The normalized spacial score (nSPS) is 22.9. The summed E-state index contributed by atoms with van der Waals surface area (Å²) in [6.45, 7) is 7.37. The van der Waals surface area contributed by atoms with Gasteiger partial charge in [0.05, 0.1) is 5.92 Å². The second-order valence-electron chi connectivity index (χ2n) is 4.32. The molecule has 1 unspecified atom stereocenters. The average Bonchev–Trinajstić information content (AvgIpc) is 2.09. The number of amides is 3. The third kappa shape index (κ3) is 2.72. The highest BCUT2D eigenvalue weighted by Gasteiger charge is 2.28. The van der Waals surface area contributed by atoms with Crippen molar-refractivity contribution in [2.45, 2.75) is 27.2 Å². The van der Waals surface area contributed by atoms with Crippen LogP contribution in [0.15, 0.2) is 0 Å². The maximum Gasteiger partial charge on any atom is 0.324 e. The van der Waals surface area contributed by atoms with Crippen LogP contribution in [0, 0.1) is 11.8 Å². The van der Waals surface area contributed by atoms with E-state index < -0.39 is 0 Å². The first kappa shape index (κ1) is 11.0. The van der Waals surface area contributed by atoms with E-state index in [0.717, 1.165) is 13.0 Å². The van der Waals surface area contributed by atoms with Crippen LogP contribution in [-0.4, -0.2) is 29.9 Å². The highest BCUT2D eigenvalue weighted by atomic mass is 16.2. The van der Waals surface area contributed by atoms with Gasteiger partial charge in [-0.15, -0.1) is 0 Å². The van der Waals surface area contributed by atoms with Crippen LogP contribution in [0.1, 0.15) is 27.2 Å². The molecule has 0 radical (unpaired) electrons. The maximum atomic E-state index is 11.4. The smallest absolute Gasteiger partial charge is 0.324 e. The molecule has 1 saturated heterocycles. The summed E-state index contributed by atoms with van der Waals surface area (Å²) in [5.74, 6) is 0.339. The van der Waals surface area contributed by atoms with Crippen LogP contribution in [0.25, 0.3) is 0 Å². The molecule has 80 valence electrons. The predicted octanol–water partition coefficient (Wildman–Crippen LogP) is 1.22. The molecular formula is C10H18N2O2. The van der Waals surface area contributed by atoms with E-state index in [-0.39, 0.29) is 17.9 Å². The van der Waals surface area contributed by atoms with Gasteiger partial charge in [0.1, 0.15) is 0 Å². The number of hydrogen-bond donors (Lipinski definition) is 1. The molecule has 0 aliphatic carbocycles. The lowest BCUT2D eigenvalue weighted by Crippen LogP contribution is -2.53. The summed E-state index contributed by atoms with van der Waals surface area (Å²) in [7, 11) is 0. The van der Waals surface area contributed by atoms with Crippen LogP contribution in [-0.2, 0) is 4.79 Å². The Labute approximate surface area is 84.7 Å². The molecule has 1 atom stereocenters. The van der Waals surface area contributed by atoms with E-state index in [4.69, 9.17) is 0 Å². The van der Waals surface area contributed by atoms with Crippen molar-refractivity contribution in [1.82, 2.24) is 10.2 Å². The second kappa shape index (κ2) is 4.44. The highest BCUT2D eigenvalue weighted by molar-refractivity contribution is 5.97. The highest BCUT2D eigenvalue weighted by Crippen LogP contribution is 2.09. The Kier molecular flexibility index (Phi) is 3.49. The molecule has 3 amide bonds. The summed E-state index contributed by atoms with van der Waals surface area (Å²) in [6.07, 6.45) is 0.980. The minimum absolute atomic E-state index is 0.0835. The van der Waals surface area contributed by atoms with E-state index in [1.165, 1.54) is 0 Å². The molecule has 0 aromatic rings. The zero-order chi connectivity index (χ0) is 10.7. The van der Waals surface area contributed by atoms with Gasteiger partial charge in [-0.25, -0.2) is 4.79 Å². The quantitative estimate of drug-likeness (QED) is 0.741. The third-order valence-electron chi connectivity index (χ3n) is 2.44. The van der Waals surface area contributed by atoms with Crippen LogP contribution in [0.4, 0.5) is 4.79 Å². The van der Waals surface area contributed by atoms with E-state index >= 15 is 0 Å². The maximum absolute atomic E-state index is 11.4. The lowest BCUT2D eigenvalue weighted by atomic mass is 10.1. The molecular weight excluding hydrogens is 180 g/mol. The second-order valence-corrected chi connectivity index (χ2v) is 4.32. The molecule has 1 N–H and O–H groups in total. The van der Waals surface area contributed by atoms with Crippen molar-refractivity contribution in [3.05, 3.63) is 0 Å². The van der Waals surface area contributed by atoms with Gasteiger partial charge in [-0.2, -0.15) is 0 Å². The average molecular weight is 198 g/mol. The summed E-state index contributed by atoms with van der Waals surface area (Å²) in [5.41, 5.74) is 0. The number of carbonyl (C=O) groups is 2. The Balaban J connectivity index is 2.45. The number of hydrogen-bond acceptors (Lipinski definition) is 2. The van der Waals surface area contributed by atoms with Crippen LogP contribution in [0.5, 0.6) is 0 Å². The molecule has 0 spiro atoms. The predicted molar refractivity (Wildman–Crippen MR) is 53.7 cm³/mol. The molecule has 1 aliphatic heterocycles. The fourth-order valence-corrected chi connectivity index (χ4v) is 1.41. The molecule has 1 rings (SSSR count). The molecule has 0 aromatic carbocycles. The van der Waals surface area contributed by atoms with Gasteiger partial charge in [-0.05, 0) is 12.3 Å². The fourth-order valence-electron chi connectivity index (χ4n) is 1.41. The van der Waals surface area contributed by atoms with Gasteiger partial charge in [-0.3, -0.25) is 10.1 Å². The van der Waals surface area contributed by atoms with E-state index in [0.29, 0.717) is 12.5 Å². The first-order valence-corrected chi connectivity index (χ1v) is 5.10. The van der Waals surface area contributed by atoms with Crippen LogP contribution >= 0.6 is 0 Å². The van der Waals surface area contributed by atoms with Crippen molar-refractivity contribution in [2.75, 3.05) is 13.1 Å². The van der Waals surface area contributed by atoms with E-state index in [1.54, 1.807) is 4.90 Å². The zero-order valence-corrected chi connectivity index (χ0v) is 9.04. The van der Waals surface area contributed by atoms with Crippen molar-refractivity contribution in [1.29, 1.82) is 0 Å². The van der Waals surface area contributed by atoms with Gasteiger partial charge in [0.25, 0.3) is 0 Å². The molecule has 4 heteroatoms. The topological polar surface area (TPSA) is 49.4 Å². The molecule has 0 aromatic heterocycles. The molecule has 1 fully saturated rings. The summed E-state index contributed by atoms with van der Waals surface area (Å²) in [5, 5.41) is 2.35. The number of carbonyl (C=O) groups excluding carboxylic acids is 2. The Morgan fingerprint density at radius 1 is 1.50 bits per heavy atom. The van der Waals surface area contributed by atoms with Gasteiger partial charge in [0.15, 0.2) is 0 Å². The van der Waals surface area contributed by atoms with Gasteiger partial charge < -0.3 is 4.90 Å². The Morgan fingerprint density at radius 3 is 2.71 bits per heavy atom. The summed E-state index contributed by atoms with van der Waals surface area (Å²) >= 11 is 0. The third-order valence-corrected chi connectivity index (χ3v) is 2.44. The number of urea groups is 1. The lowest BCUT2D eigenvalue weighted by Gasteiger charge is -2.30. The zero-order valence-electron chi connectivity index (χ0n) is 9.04. The Morgan fingerprint density at radius 2 is 2.14 bits per heavy atom. The van der Waals surface area contributed by atoms with Crippen molar-refractivity contribution < 1.29 is 9.59 Å². The summed E-state index contributed by atoms with van der Waals surface area (Å²) < 4.78 is 0. The molecule has 1 aliphatic rings. The van der Waals surface area contributed by atoms with Crippen molar-refractivity contribution >= 4 is 11.9 Å². The SMILES string of the molecule is CC(C)CCN1CC(C)C(=O)NC1=O. The largest absolute Gasteiger partial charge is 0.324 e. The van der Waals surface area contributed by atoms with E-state index in [9.17, 15) is 9.59 Å². The molecule has 4 nitrogen and oxygen atoms in total. The molecule has 1 heterocycles. The number of nitrogens with zero attached hydrogens (tertiary/aromatic N) is 1. The van der Waals surface area contributed by atoms with Gasteiger partial charge in [0.2, 0.25) is 5.91 Å². The van der Waals surface area contributed by atoms with Gasteiger partial charge >= 0.3 is 6.03 Å². The number of nitrogens with one attached hydrogen (secondary N) is 1. The molecule has 14 heavy (non-hydrogen) atoms.